The summed E-state index contributed by atoms with van der Waals surface area (Å²) >= 11 is 0. The largest absolute Gasteiger partial charge is 0.397 e. The Balaban J connectivity index is 2.66. The van der Waals surface area contributed by atoms with Crippen LogP contribution in [0.1, 0.15) is 8.29 Å². The van der Waals surface area contributed by atoms with Gasteiger partial charge in [0, 0.05) is 6.69 Å². The van der Waals surface area contributed by atoms with Crippen LogP contribution in [0.3, 0.4) is 0 Å². The summed E-state index contributed by atoms with van der Waals surface area (Å²) in [4.78, 5) is 4.36. The Kier molecular flexibility index (Phi) is 1.87. The van der Waals surface area contributed by atoms with Gasteiger partial charge in [-0.25, -0.2) is 0 Å². The molecule has 0 unspecified atom stereocenters. The van der Waals surface area contributed by atoms with E-state index in [1.165, 1.54) is 0 Å². The van der Waals surface area contributed by atoms with Crippen molar-refractivity contribution in [2.45, 2.75) is 6.92 Å². The highest BCUT2D eigenvalue weighted by atomic mass is 16.6. The van der Waals surface area contributed by atoms with Crippen molar-refractivity contribution in [2.75, 3.05) is 6.61 Å². The van der Waals surface area contributed by atoms with Gasteiger partial charge in [0.2, 0.25) is 0 Å². The fourth-order valence-corrected chi connectivity index (χ4v) is 0.0745. The molecule has 0 amide bonds. The lowest BCUT2D eigenvalue weighted by molar-refractivity contribution is 0.161. The van der Waals surface area contributed by atoms with Crippen molar-refractivity contribution < 1.29 is 6.21 Å². The first-order chi connectivity index (χ1) is 2.91. The third-order valence-electron chi connectivity index (χ3n) is 0.204. The number of hydrogen-bond donors (Lipinski definition) is 0. The maximum Gasteiger partial charge on any atom is 0.114 e. The second kappa shape index (κ2) is 3.47. The standard InChI is InChI=1S/C3H7NO/c1-3-5-4-2/h2-3H2,1H3/i2T/b4-2+. The summed E-state index contributed by atoms with van der Waals surface area (Å²) in [5.74, 6) is 0. The molecule has 0 rings (SSSR count). The van der Waals surface area contributed by atoms with Gasteiger partial charge in [-0.15, -0.1) is 5.16 Å². The monoisotopic (exact) mass is 75.1 g/mol. The van der Waals surface area contributed by atoms with E-state index in [9.17, 15) is 0 Å². The molecule has 2 heteroatoms. The van der Waals surface area contributed by atoms with Crippen molar-refractivity contribution in [1.82, 2.24) is 0 Å². The van der Waals surface area contributed by atoms with Gasteiger partial charge in [0.25, 0.3) is 0 Å². The van der Waals surface area contributed by atoms with Crippen LogP contribution >= 0.6 is 0 Å². The smallest absolute Gasteiger partial charge is 0.114 e. The van der Waals surface area contributed by atoms with Gasteiger partial charge in [-0.2, -0.15) is 0 Å². The highest BCUT2D eigenvalue weighted by Crippen LogP contribution is 1.63. The molecule has 0 N–H and O–H groups in total. The van der Waals surface area contributed by atoms with Gasteiger partial charge >= 0.3 is 0 Å². The first kappa shape index (κ1) is 2.69. The van der Waals surface area contributed by atoms with E-state index in [1.54, 1.807) is 0 Å². The molecule has 0 spiro atoms. The van der Waals surface area contributed by atoms with E-state index in [-0.39, 0.29) is 0 Å². The molecule has 0 radical (unpaired) electrons. The molecule has 0 atom stereocenters. The molecule has 0 saturated carbocycles. The summed E-state index contributed by atoms with van der Waals surface area (Å²) in [7, 11) is 0. The summed E-state index contributed by atoms with van der Waals surface area (Å²) in [5, 5.41) is 3.13. The summed E-state index contributed by atoms with van der Waals surface area (Å²) in [6, 6.07) is 0. The molecule has 0 fully saturated rings. The predicted octanol–water partition coefficient (Wildman–Crippen LogP) is 0.639. The minimum absolute atomic E-state index is 0.537. The summed E-state index contributed by atoms with van der Waals surface area (Å²) < 4.78 is 6.29. The van der Waals surface area contributed by atoms with E-state index in [0.29, 0.717) is 6.61 Å². The summed E-state index contributed by atoms with van der Waals surface area (Å²) in [6.07, 6.45) is 0. The van der Waals surface area contributed by atoms with Gasteiger partial charge in [0.05, 0.1) is 1.37 Å². The highest BCUT2D eigenvalue weighted by Gasteiger charge is 1.57. The second-order valence-corrected chi connectivity index (χ2v) is 0.523. The fourth-order valence-electron chi connectivity index (χ4n) is 0.0745. The zero-order valence-corrected chi connectivity index (χ0v) is 3.14. The van der Waals surface area contributed by atoms with Crippen molar-refractivity contribution in [3.05, 3.63) is 0 Å². The minimum atomic E-state index is 0.537. The quantitative estimate of drug-likeness (QED) is 0.348. The van der Waals surface area contributed by atoms with E-state index < -0.39 is 0 Å². The maximum atomic E-state index is 6.29. The Morgan fingerprint density at radius 1 is 2.40 bits per heavy atom. The Morgan fingerprint density at radius 2 is 3.20 bits per heavy atom. The van der Waals surface area contributed by atoms with Crippen LogP contribution in [-0.2, 0) is 4.84 Å². The Bertz CT molecular complexity index is 46.1. The molecule has 0 aromatic carbocycles. The number of hydrogen-bond acceptors (Lipinski definition) is 2. The van der Waals surface area contributed by atoms with Gasteiger partial charge < -0.3 is 4.84 Å². The Labute approximate surface area is 32.8 Å². The SMILES string of the molecule is [3H]/C=N/OCC. The van der Waals surface area contributed by atoms with E-state index in [2.05, 4.69) is 9.99 Å². The van der Waals surface area contributed by atoms with Gasteiger partial charge in [-0.3, -0.25) is 0 Å². The molecule has 0 saturated heterocycles. The minimum Gasteiger partial charge on any atom is -0.397 e. The lowest BCUT2D eigenvalue weighted by atomic mass is 10.9. The maximum absolute atomic E-state index is 6.29. The summed E-state index contributed by atoms with van der Waals surface area (Å²) in [5.41, 5.74) is 0. The average molecular weight is 75.1 g/mol. The zero-order valence-electron chi connectivity index (χ0n) is 4.14. The van der Waals surface area contributed by atoms with Crippen molar-refractivity contribution in [3.8, 4) is 0 Å². The molecule has 0 bridgehead atoms. The molecule has 0 aromatic heterocycles. The van der Waals surface area contributed by atoms with Crippen LogP contribution in [0.15, 0.2) is 5.16 Å². The highest BCUT2D eigenvalue weighted by molar-refractivity contribution is 5.21. The fraction of sp³-hybridized carbons (Fsp3) is 0.667. The van der Waals surface area contributed by atoms with Gasteiger partial charge in [-0.05, 0) is 6.92 Å². The van der Waals surface area contributed by atoms with E-state index in [1.807, 2.05) is 6.92 Å². The van der Waals surface area contributed by atoms with Crippen LogP contribution in [0.2, 0.25) is 0 Å². The molecule has 0 aromatic rings. The van der Waals surface area contributed by atoms with Crippen molar-refractivity contribution in [3.63, 3.8) is 0 Å². The molecule has 0 aliphatic rings. The van der Waals surface area contributed by atoms with Crippen LogP contribution in [0.4, 0.5) is 0 Å². The van der Waals surface area contributed by atoms with Gasteiger partial charge in [0.15, 0.2) is 0 Å². The van der Waals surface area contributed by atoms with Crippen LogP contribution in [0, 0.1) is 0 Å². The zero-order chi connectivity index (χ0) is 4.83. The Hall–Kier alpha value is -0.530. The van der Waals surface area contributed by atoms with Gasteiger partial charge in [-0.1, -0.05) is 0 Å². The molecule has 30 valence electrons. The van der Waals surface area contributed by atoms with E-state index >= 15 is 0 Å². The third kappa shape index (κ3) is 3.47. The lowest BCUT2D eigenvalue weighted by Gasteiger charge is -1.82. The lowest BCUT2D eigenvalue weighted by Crippen LogP contribution is -1.72. The summed E-state index contributed by atoms with van der Waals surface area (Å²) in [6.45, 7) is 3.21. The van der Waals surface area contributed by atoms with Crippen LogP contribution in [-0.4, -0.2) is 13.3 Å². The number of oxime groups is 1. The second-order valence-electron chi connectivity index (χ2n) is 0.523. The first-order valence-electron chi connectivity index (χ1n) is 2.01. The van der Waals surface area contributed by atoms with Crippen LogP contribution < -0.4 is 0 Å². The number of rotatable bonds is 2. The first-order valence-corrected chi connectivity index (χ1v) is 1.44. The van der Waals surface area contributed by atoms with Crippen LogP contribution in [0.25, 0.3) is 0 Å². The molecule has 0 heterocycles. The molecular formula is C3H7NO. The van der Waals surface area contributed by atoms with Crippen molar-refractivity contribution in [1.29, 1.82) is 0 Å². The van der Waals surface area contributed by atoms with Crippen molar-refractivity contribution >= 4 is 6.69 Å². The van der Waals surface area contributed by atoms with Gasteiger partial charge in [0.1, 0.15) is 6.61 Å². The molecule has 0 aliphatic carbocycles. The molecule has 2 nitrogen and oxygen atoms in total. The number of nitrogens with zero attached hydrogens (tertiary/aromatic N) is 1. The predicted molar refractivity (Wildman–Crippen MR) is 21.2 cm³/mol. The van der Waals surface area contributed by atoms with Crippen LogP contribution in [0.5, 0.6) is 0 Å². The third-order valence-corrected chi connectivity index (χ3v) is 0.204. The van der Waals surface area contributed by atoms with Crippen molar-refractivity contribution in [2.24, 2.45) is 5.16 Å². The molecular weight excluding hydrogens is 66.0 g/mol. The molecule has 5 heavy (non-hydrogen) atoms. The topological polar surface area (TPSA) is 21.6 Å². The molecule has 0 aliphatic heterocycles. The van der Waals surface area contributed by atoms with E-state index in [0.717, 1.165) is 6.69 Å². The van der Waals surface area contributed by atoms with E-state index in [4.69, 9.17) is 1.37 Å². The Morgan fingerprint density at radius 3 is 3.40 bits per heavy atom. The normalized spacial score (nSPS) is 11.8. The average Bonchev–Trinajstić information content (AvgIpc) is 1.61.